The van der Waals surface area contributed by atoms with Crippen LogP contribution in [0.3, 0.4) is 0 Å². The summed E-state index contributed by atoms with van der Waals surface area (Å²) in [6.07, 6.45) is 0. The van der Waals surface area contributed by atoms with E-state index in [1.807, 2.05) is 36.4 Å². The second-order valence-electron chi connectivity index (χ2n) is 40.9. The summed E-state index contributed by atoms with van der Waals surface area (Å²) in [7, 11) is 0. The first-order chi connectivity index (χ1) is 70.8. The average molecular weight is 1840 g/mol. The van der Waals surface area contributed by atoms with Crippen molar-refractivity contribution in [2.24, 2.45) is 0 Å². The minimum Gasteiger partial charge on any atom is -0.292 e. The molecule has 0 aliphatic heterocycles. The third kappa shape index (κ3) is 11.5. The molecule has 674 valence electrons. The van der Waals surface area contributed by atoms with Gasteiger partial charge in [-0.3, -0.25) is 13.7 Å². The normalized spacial score (nSPS) is 13.7. The SMILES string of the molecule is CC1(C)c2cccc3c4ccccc4c4cccc5c4c4c(c1ccc4n5-c1nc4ccccc4nc1-c1ccc(-c4ccccc4)cc1)c23.CC1(C)c2cccc3c4ccccc4c4cccc5c4c4c(c1ccc4n5-c1nc4ccccc4nc1-c1cccc(-c4ccccc4)c1)c23.CC1(C)c2cccc3c4ccccc4c4cccc5c4c4c(c1ccc4n5-c1nc4ccccc4nc1-c1ccccc1)c23. The van der Waals surface area contributed by atoms with E-state index in [9.17, 15) is 0 Å². The van der Waals surface area contributed by atoms with Crippen molar-refractivity contribution in [3.8, 4) is 73.5 Å². The number of rotatable bonds is 8. The summed E-state index contributed by atoms with van der Waals surface area (Å²) in [6, 6.07) is 156. The third-order valence-corrected chi connectivity index (χ3v) is 32.2. The number of benzene rings is 20. The largest absolute Gasteiger partial charge is 0.292 e. The van der Waals surface area contributed by atoms with Gasteiger partial charge >= 0.3 is 0 Å². The van der Waals surface area contributed by atoms with Crippen LogP contribution in [0.15, 0.2) is 431 Å². The number of hydrogen-bond donors (Lipinski definition) is 0. The summed E-state index contributed by atoms with van der Waals surface area (Å²) in [5, 5.41) is 31.1. The van der Waals surface area contributed by atoms with E-state index in [1.54, 1.807) is 0 Å². The van der Waals surface area contributed by atoms with Crippen LogP contribution >= 0.6 is 0 Å². The molecule has 29 aromatic rings. The standard InChI is InChI=1S/2C47H31N3.C41H27N3/c1-47(2)35-21-11-19-33-31-17-6-7-18-32(31)34-20-12-24-39-42(34)44-40(26-25-36(47)43(44)41(33)35)50(39)46-45(48-37-22-8-9-23-38(37)49-46)30-16-10-15-29(27-30)28-13-4-3-5-14-28;1-47(2)35-18-10-16-33-31-14-6-7-15-32(31)34-17-11-21-39-42(34)44-40(27-26-36(47)43(44)41(33)35)50(39)46-45(48-37-19-8-9-20-38(37)49-46)30-24-22-29(23-25-30)28-12-4-3-5-13-28;1-41(2)29-18-10-16-27-25-14-6-7-15-26(25)28-17-11-21-33-36(28)38-34(23-22-30(41)37(38)35(27)29)44(33)40-39(24-12-4-3-5-13-24)42-31-19-8-9-20-32(31)43-40/h2*3-27H,1-2H3;3-23H,1-2H3. The molecule has 0 radical (unpaired) electrons. The topological polar surface area (TPSA) is 92.1 Å². The van der Waals surface area contributed by atoms with Gasteiger partial charge in [0.05, 0.1) is 66.2 Å². The van der Waals surface area contributed by atoms with E-state index in [0.717, 1.165) is 123 Å². The highest BCUT2D eigenvalue weighted by atomic mass is 15.1. The van der Waals surface area contributed by atoms with E-state index < -0.39 is 0 Å². The molecule has 0 saturated heterocycles. The Kier molecular flexibility index (Phi) is 17.3. The molecule has 0 saturated carbocycles. The maximum atomic E-state index is 5.48. The summed E-state index contributed by atoms with van der Waals surface area (Å²) in [6.45, 7) is 14.3. The minimum absolute atomic E-state index is 0.116. The van der Waals surface area contributed by atoms with Crippen LogP contribution in [0.5, 0.6) is 0 Å². The predicted molar refractivity (Wildman–Crippen MR) is 603 cm³/mol. The molecule has 6 aromatic heterocycles. The second-order valence-corrected chi connectivity index (χ2v) is 40.9. The molecule has 144 heavy (non-hydrogen) atoms. The Labute approximate surface area is 828 Å². The van der Waals surface area contributed by atoms with Crippen molar-refractivity contribution in [1.29, 1.82) is 0 Å². The summed E-state index contributed by atoms with van der Waals surface area (Å²) < 4.78 is 7.15. The lowest BCUT2D eigenvalue weighted by Crippen LogP contribution is -2.15. The third-order valence-electron chi connectivity index (χ3n) is 32.2. The molecule has 3 aliphatic carbocycles. The number of para-hydroxylation sites is 6. The van der Waals surface area contributed by atoms with Gasteiger partial charge in [0.15, 0.2) is 17.5 Å². The van der Waals surface area contributed by atoms with Gasteiger partial charge < -0.3 is 0 Å². The highest BCUT2D eigenvalue weighted by Crippen LogP contribution is 2.59. The highest BCUT2D eigenvalue weighted by molar-refractivity contribution is 6.39. The first kappa shape index (κ1) is 81.8. The number of hydrogen-bond acceptors (Lipinski definition) is 6. The van der Waals surface area contributed by atoms with Gasteiger partial charge in [-0.05, 0) is 231 Å². The van der Waals surface area contributed by atoms with Gasteiger partial charge in [0.2, 0.25) is 0 Å². The molecule has 0 unspecified atom stereocenters. The lowest BCUT2D eigenvalue weighted by atomic mass is 9.81. The molecule has 0 fully saturated rings. The maximum absolute atomic E-state index is 5.48. The summed E-state index contributed by atoms with van der Waals surface area (Å²) >= 11 is 0. The van der Waals surface area contributed by atoms with Crippen molar-refractivity contribution >= 4 is 195 Å². The fraction of sp³-hybridized carbons (Fsp3) is 0.0667. The molecule has 0 bridgehead atoms. The van der Waals surface area contributed by atoms with Crippen molar-refractivity contribution in [3.05, 3.63) is 464 Å². The smallest absolute Gasteiger partial charge is 0.165 e. The van der Waals surface area contributed by atoms with Gasteiger partial charge in [-0.15, -0.1) is 0 Å². The van der Waals surface area contributed by atoms with Gasteiger partial charge in [0.1, 0.15) is 17.1 Å². The quantitative estimate of drug-likeness (QED) is 0.150. The van der Waals surface area contributed by atoms with Crippen molar-refractivity contribution in [1.82, 2.24) is 43.6 Å². The molecule has 0 amide bonds. The van der Waals surface area contributed by atoms with Crippen LogP contribution in [0.25, 0.3) is 269 Å². The molecule has 9 nitrogen and oxygen atoms in total. The minimum atomic E-state index is -0.136. The van der Waals surface area contributed by atoms with Crippen molar-refractivity contribution in [2.75, 3.05) is 0 Å². The van der Waals surface area contributed by atoms with E-state index in [-0.39, 0.29) is 16.2 Å². The van der Waals surface area contributed by atoms with Crippen LogP contribution in [0, 0.1) is 0 Å². The van der Waals surface area contributed by atoms with E-state index in [0.29, 0.717) is 0 Å². The molecular formula is C135H89N9. The molecule has 9 heteroatoms. The number of aromatic nitrogens is 9. The predicted octanol–water partition coefficient (Wildman–Crippen LogP) is 34.8. The Morgan fingerprint density at radius 2 is 0.361 bits per heavy atom. The zero-order valence-electron chi connectivity index (χ0n) is 80.0. The zero-order valence-corrected chi connectivity index (χ0v) is 80.0. The number of fused-ring (bicyclic) bond motifs is 12. The number of nitrogens with zero attached hydrogens (tertiary/aromatic N) is 9. The molecule has 23 aromatic carbocycles. The van der Waals surface area contributed by atoms with Crippen LogP contribution in [0.4, 0.5) is 0 Å². The van der Waals surface area contributed by atoms with Gasteiger partial charge in [-0.2, -0.15) is 0 Å². The molecule has 0 spiro atoms. The van der Waals surface area contributed by atoms with Gasteiger partial charge in [-0.1, -0.05) is 393 Å². The molecular weight excluding hydrogens is 1750 g/mol. The molecule has 0 N–H and O–H groups in total. The first-order valence-electron chi connectivity index (χ1n) is 50.0. The molecule has 6 heterocycles. The van der Waals surface area contributed by atoms with Crippen molar-refractivity contribution < 1.29 is 0 Å². The Hall–Kier alpha value is -18.2. The van der Waals surface area contributed by atoms with Gasteiger partial charge in [0, 0.05) is 65.3 Å². The Morgan fingerprint density at radius 1 is 0.146 bits per heavy atom. The summed E-state index contributed by atoms with van der Waals surface area (Å²) in [5.74, 6) is 2.53. The Bertz CT molecular complexity index is 10700. The lowest BCUT2D eigenvalue weighted by molar-refractivity contribution is 0.663. The van der Waals surface area contributed by atoms with E-state index in [4.69, 9.17) is 29.9 Å². The fourth-order valence-corrected chi connectivity index (χ4v) is 25.7. The maximum Gasteiger partial charge on any atom is 0.165 e. The highest BCUT2D eigenvalue weighted by Gasteiger charge is 2.41. The summed E-state index contributed by atoms with van der Waals surface area (Å²) in [5.41, 5.74) is 30.5. The average Bonchev–Trinajstić information content (AvgIpc) is 1.52. The summed E-state index contributed by atoms with van der Waals surface area (Å²) in [4.78, 5) is 32.3. The van der Waals surface area contributed by atoms with Crippen molar-refractivity contribution in [2.45, 2.75) is 57.8 Å². The fourth-order valence-electron chi connectivity index (χ4n) is 25.7. The Balaban J connectivity index is 0.000000101. The lowest BCUT2D eigenvalue weighted by Gasteiger charge is -2.22. The van der Waals surface area contributed by atoms with Crippen LogP contribution in [0.2, 0.25) is 0 Å². The van der Waals surface area contributed by atoms with Gasteiger partial charge in [0.25, 0.3) is 0 Å². The van der Waals surface area contributed by atoms with E-state index >= 15 is 0 Å². The van der Waals surface area contributed by atoms with Crippen LogP contribution < -0.4 is 0 Å². The van der Waals surface area contributed by atoms with Crippen LogP contribution in [0.1, 0.15) is 74.9 Å². The molecule has 3 aliphatic rings. The van der Waals surface area contributed by atoms with E-state index in [2.05, 4.69) is 450 Å². The molecule has 0 atom stereocenters. The van der Waals surface area contributed by atoms with Crippen LogP contribution in [-0.2, 0) is 16.2 Å². The van der Waals surface area contributed by atoms with Gasteiger partial charge in [-0.25, -0.2) is 29.9 Å². The first-order valence-corrected chi connectivity index (χ1v) is 50.0. The van der Waals surface area contributed by atoms with Crippen molar-refractivity contribution in [3.63, 3.8) is 0 Å². The Morgan fingerprint density at radius 3 is 0.694 bits per heavy atom. The monoisotopic (exact) mass is 1840 g/mol. The molecule has 32 rings (SSSR count). The van der Waals surface area contributed by atoms with Crippen LogP contribution in [-0.4, -0.2) is 43.6 Å². The van der Waals surface area contributed by atoms with E-state index in [1.165, 1.54) is 179 Å². The second kappa shape index (κ2) is 30.4. The zero-order chi connectivity index (χ0) is 95.4.